The van der Waals surface area contributed by atoms with E-state index >= 15 is 27.4 Å². The zero-order valence-corrected chi connectivity index (χ0v) is 56.1. The normalized spacial score (nSPS) is 24.5. The minimum absolute atomic E-state index is 0.309. The van der Waals surface area contributed by atoms with Gasteiger partial charge in [0.2, 0.25) is 0 Å². The van der Waals surface area contributed by atoms with E-state index < -0.39 is 43.8 Å². The molecule has 0 amide bonds. The lowest BCUT2D eigenvalue weighted by molar-refractivity contribution is 0.307. The molecule has 0 spiro atoms. The van der Waals surface area contributed by atoms with E-state index in [2.05, 4.69) is 139 Å². The Kier molecular flexibility index (Phi) is 28.7. The second kappa shape index (κ2) is 31.2. The second-order valence-corrected chi connectivity index (χ2v) is 34.1. The van der Waals surface area contributed by atoms with Crippen LogP contribution in [0.1, 0.15) is 166 Å². The van der Waals surface area contributed by atoms with Crippen LogP contribution in [-0.2, 0) is 27.4 Å². The number of rotatable bonds is 18. The fraction of sp³-hybridized carbons (Fsp3) is 0.600. The molecule has 0 fully saturated rings. The topological polar surface area (TPSA) is 122 Å². The van der Waals surface area contributed by atoms with Crippen molar-refractivity contribution in [3.63, 3.8) is 0 Å². The molecule has 1 rings (SSSR count). The molecule has 0 saturated carbocycles. The van der Waals surface area contributed by atoms with E-state index in [1.54, 1.807) is 28.0 Å². The van der Waals surface area contributed by atoms with E-state index in [1.807, 2.05) is 166 Å². The van der Waals surface area contributed by atoms with Crippen LogP contribution in [0.2, 0.25) is 0 Å². The lowest BCUT2D eigenvalue weighted by Crippen LogP contribution is -2.33. The van der Waals surface area contributed by atoms with Gasteiger partial charge in [-0.3, -0.25) is 27.4 Å². The second-order valence-electron chi connectivity index (χ2n) is 21.7. The Morgan fingerprint density at radius 1 is 0.167 bits per heavy atom. The molecule has 0 atom stereocenters. The number of hydrogen-bond acceptors (Lipinski definition) is 6. The molecular formula is C60H84N6O6P6. The van der Waals surface area contributed by atoms with Crippen LogP contribution in [0.15, 0.2) is 0 Å². The first-order chi connectivity index (χ1) is 35.8. The fourth-order valence-electron chi connectivity index (χ4n) is 9.59. The summed E-state index contributed by atoms with van der Waals surface area (Å²) in [4.78, 5) is 0. The Morgan fingerprint density at radius 3 is 0.282 bits per heavy atom. The fourth-order valence-corrected chi connectivity index (χ4v) is 21.6. The maximum absolute atomic E-state index is 15.0. The van der Waals surface area contributed by atoms with Crippen LogP contribution in [0, 0.1) is 139 Å². The van der Waals surface area contributed by atoms with Gasteiger partial charge in [-0.25, -0.2) is 28.0 Å². The van der Waals surface area contributed by atoms with Gasteiger partial charge < -0.3 is 0 Å². The molecule has 0 N–H and O–H groups in total. The molecule has 0 bridgehead atoms. The largest absolute Gasteiger partial charge is 0.291 e. The highest BCUT2D eigenvalue weighted by Gasteiger charge is 2.37. The Morgan fingerprint density at radius 2 is 0.231 bits per heavy atom. The quantitative estimate of drug-likeness (QED) is 0.0959. The molecule has 12 nitrogen and oxygen atoms in total. The molecule has 0 saturated heterocycles. The van der Waals surface area contributed by atoms with Crippen molar-refractivity contribution in [3.8, 4) is 139 Å². The maximum Gasteiger partial charge on any atom is 0.291 e. The third-order valence-corrected chi connectivity index (χ3v) is 25.6. The van der Waals surface area contributed by atoms with Crippen LogP contribution in [0.25, 0.3) is 0 Å². The predicted molar refractivity (Wildman–Crippen MR) is 332 cm³/mol. The summed E-state index contributed by atoms with van der Waals surface area (Å²) in [7, 11) is -23.8. The molecule has 0 radical (unpaired) electrons. The average molecular weight is 1170 g/mol. The molecule has 0 unspecified atom stereocenters. The molecular weight excluding hydrogens is 1090 g/mol. The third-order valence-electron chi connectivity index (χ3n) is 11.2. The van der Waals surface area contributed by atoms with Crippen molar-refractivity contribution in [2.75, 3.05) is 0 Å². The number of hydrogen-bond donors (Lipinski definition) is 0. The Balaban J connectivity index is 5.09. The molecule has 420 valence electrons. The van der Waals surface area contributed by atoms with Crippen molar-refractivity contribution < 1.29 is 27.4 Å². The number of nitrogens with zero attached hydrogens (tertiary/aromatic N) is 6. The van der Waals surface area contributed by atoms with Gasteiger partial charge in [0.15, 0.2) is 0 Å². The first-order valence-electron chi connectivity index (χ1n) is 26.4. The summed E-state index contributed by atoms with van der Waals surface area (Å²) < 4.78 is 100. The van der Waals surface area contributed by atoms with Gasteiger partial charge in [-0.15, -0.1) is 0 Å². The molecule has 1 heterocycles. The minimum Gasteiger partial charge on any atom is -0.278 e. The lowest BCUT2D eigenvalue weighted by atomic mass is 10.3. The van der Waals surface area contributed by atoms with Crippen molar-refractivity contribution in [1.82, 2.24) is 28.0 Å². The van der Waals surface area contributed by atoms with Crippen molar-refractivity contribution in [1.29, 1.82) is 0 Å². The van der Waals surface area contributed by atoms with E-state index in [1.165, 1.54) is 0 Å². The van der Waals surface area contributed by atoms with Crippen LogP contribution in [0.4, 0.5) is 0 Å². The molecule has 18 heteroatoms. The Bertz CT molecular complexity index is 2550. The summed E-state index contributed by atoms with van der Waals surface area (Å²) in [6.07, 6.45) is 0. The van der Waals surface area contributed by atoms with Gasteiger partial charge in [0.25, 0.3) is 43.8 Å². The van der Waals surface area contributed by atoms with Gasteiger partial charge in [0, 0.05) is 140 Å². The van der Waals surface area contributed by atoms with Crippen LogP contribution in [0.3, 0.4) is 0 Å². The Labute approximate surface area is 474 Å². The zero-order chi connectivity index (χ0) is 60.4. The molecule has 1 aliphatic heterocycles. The van der Waals surface area contributed by atoms with E-state index in [9.17, 15) is 0 Å². The van der Waals surface area contributed by atoms with Gasteiger partial charge >= 0.3 is 0 Å². The van der Waals surface area contributed by atoms with E-state index in [4.69, 9.17) is 0 Å². The zero-order valence-electron chi connectivity index (χ0n) is 50.7. The smallest absolute Gasteiger partial charge is 0.278 e. The van der Waals surface area contributed by atoms with E-state index in [-0.39, 0.29) is 72.5 Å². The lowest BCUT2D eigenvalue weighted by Gasteiger charge is -2.32. The molecule has 0 aromatic heterocycles. The van der Waals surface area contributed by atoms with Crippen LogP contribution >= 0.6 is 43.8 Å². The first kappa shape index (κ1) is 71.9. The summed E-state index contributed by atoms with van der Waals surface area (Å²) >= 11 is 0. The van der Waals surface area contributed by atoms with Crippen LogP contribution in [0.5, 0.6) is 0 Å². The minimum atomic E-state index is -3.96. The highest BCUT2D eigenvalue weighted by molar-refractivity contribution is 7.73. The highest BCUT2D eigenvalue weighted by Crippen LogP contribution is 2.55. The predicted octanol–water partition coefficient (Wildman–Crippen LogP) is 13.9. The molecule has 0 aromatic rings. The Hall–Kier alpha value is -4.14. The van der Waals surface area contributed by atoms with Gasteiger partial charge in [-0.05, 0) is 237 Å². The van der Waals surface area contributed by atoms with Gasteiger partial charge in [-0.2, -0.15) is 0 Å². The monoisotopic (exact) mass is 1170 g/mol. The van der Waals surface area contributed by atoms with E-state index in [0.29, 0.717) is 0 Å². The van der Waals surface area contributed by atoms with Crippen molar-refractivity contribution in [2.45, 2.75) is 239 Å². The van der Waals surface area contributed by atoms with Crippen molar-refractivity contribution in [2.24, 2.45) is 0 Å². The molecule has 78 heavy (non-hydrogen) atoms. The van der Waals surface area contributed by atoms with Crippen LogP contribution < -0.4 is 0 Å². The average Bonchev–Trinajstić information content (AvgIpc) is 3.25. The standard InChI is InChI=1S/C60H84N6O6P6/c1-49(2)61(50(3)4)73(67)37-25-27-39-74(68,62(51(5)6)52(7)8)41-29-31-43-76(70,64(55(13)14)56(15)16)45-33-35-47-78(72,66(59(21)22)60(23)24)48-36-34-46-77(71,65(57(17)18)58(19)20)44-32-30-42-75(69,40-28-26-38-73)63(53(9)10)54(11)12/h49-60H,1-24H3. The van der Waals surface area contributed by atoms with Gasteiger partial charge in [0.05, 0.1) is 0 Å². The molecule has 0 aliphatic carbocycles. The van der Waals surface area contributed by atoms with Gasteiger partial charge in [0.1, 0.15) is 0 Å². The maximum atomic E-state index is 15.0. The summed E-state index contributed by atoms with van der Waals surface area (Å²) in [5.41, 5.74) is 33.5. The van der Waals surface area contributed by atoms with Crippen LogP contribution in [-0.4, -0.2) is 101 Å². The summed E-state index contributed by atoms with van der Waals surface area (Å²) in [6, 6.07) is -3.71. The van der Waals surface area contributed by atoms with E-state index in [0.717, 1.165) is 0 Å². The SMILES string of the molecule is CC(C)N(C(C)C)P1(=O)C#CC#CP(=O)(N(C(C)C)C(C)C)C#CC#CP(=O)(N(C(C)C)C(C)C)C#CC#CP(=O)(N(C(C)C)C(C)C)C#CC#CP(=O)(N(C(C)C)C(C)C)C#CC#CP(=O)(N(C(C)C)C(C)C)C#CC#C1. The van der Waals surface area contributed by atoms with Crippen molar-refractivity contribution >= 4 is 43.8 Å². The molecule has 1 aliphatic rings. The third kappa shape index (κ3) is 20.1. The summed E-state index contributed by atoms with van der Waals surface area (Å²) in [5.74, 6) is 32.2. The van der Waals surface area contributed by atoms with Crippen molar-refractivity contribution in [3.05, 3.63) is 0 Å². The first-order valence-corrected chi connectivity index (χ1v) is 36.4. The highest BCUT2D eigenvalue weighted by atomic mass is 31.2. The summed E-state index contributed by atoms with van der Waals surface area (Å²) in [5, 5.41) is 0. The molecule has 0 aromatic carbocycles. The van der Waals surface area contributed by atoms with Gasteiger partial charge in [-0.1, -0.05) is 0 Å². The summed E-state index contributed by atoms with van der Waals surface area (Å²) in [6.45, 7) is 44.6.